The standard InChI is InChI=1S/C15H15N3O2S/c1-4-9(8-16)15(19)13-6-10-5-12(18-21-3)14(20-2)7-11(10)17-13/h4-7,17-18H,1-3H3/b9-4+. The fourth-order valence-corrected chi connectivity index (χ4v) is 2.41. The highest BCUT2D eigenvalue weighted by molar-refractivity contribution is 7.99. The molecule has 1 heterocycles. The fourth-order valence-electron chi connectivity index (χ4n) is 2.03. The highest BCUT2D eigenvalue weighted by Crippen LogP contribution is 2.32. The van der Waals surface area contributed by atoms with Gasteiger partial charge >= 0.3 is 0 Å². The van der Waals surface area contributed by atoms with Crippen molar-refractivity contribution in [2.45, 2.75) is 6.92 Å². The molecular formula is C15H15N3O2S. The van der Waals surface area contributed by atoms with Gasteiger partial charge in [-0.15, -0.1) is 0 Å². The van der Waals surface area contributed by atoms with E-state index >= 15 is 0 Å². The number of rotatable bonds is 5. The Balaban J connectivity index is 2.52. The number of nitrogens with zero attached hydrogens (tertiary/aromatic N) is 1. The van der Waals surface area contributed by atoms with Crippen LogP contribution in [0.25, 0.3) is 10.9 Å². The number of H-pyrrole nitrogens is 1. The molecule has 0 radical (unpaired) electrons. The minimum atomic E-state index is -0.311. The van der Waals surface area contributed by atoms with E-state index < -0.39 is 0 Å². The SMILES string of the molecule is C/C=C(\C#N)C(=O)c1cc2cc(NSC)c(OC)cc2[nH]1. The van der Waals surface area contributed by atoms with Gasteiger partial charge in [-0.2, -0.15) is 5.26 Å². The van der Waals surface area contributed by atoms with Crippen molar-refractivity contribution in [3.8, 4) is 11.8 Å². The molecule has 108 valence electrons. The van der Waals surface area contributed by atoms with Gasteiger partial charge in [0.25, 0.3) is 0 Å². The molecule has 2 N–H and O–H groups in total. The Morgan fingerprint density at radius 3 is 2.81 bits per heavy atom. The van der Waals surface area contributed by atoms with Crippen LogP contribution in [0.3, 0.4) is 0 Å². The lowest BCUT2D eigenvalue weighted by molar-refractivity contribution is 0.103. The van der Waals surface area contributed by atoms with Crippen LogP contribution in [0, 0.1) is 11.3 Å². The number of nitriles is 1. The summed E-state index contributed by atoms with van der Waals surface area (Å²) in [5.41, 5.74) is 2.14. The number of hydrogen-bond donors (Lipinski definition) is 2. The fraction of sp³-hybridized carbons (Fsp3) is 0.200. The summed E-state index contributed by atoms with van der Waals surface area (Å²) in [7, 11) is 1.59. The predicted octanol–water partition coefficient (Wildman–Crippen LogP) is 3.52. The quantitative estimate of drug-likeness (QED) is 0.382. The van der Waals surface area contributed by atoms with E-state index in [2.05, 4.69) is 9.71 Å². The molecule has 0 fully saturated rings. The third-order valence-corrected chi connectivity index (χ3v) is 3.48. The second-order valence-electron chi connectivity index (χ2n) is 4.27. The van der Waals surface area contributed by atoms with Crippen LogP contribution >= 0.6 is 11.9 Å². The van der Waals surface area contributed by atoms with Gasteiger partial charge in [0.1, 0.15) is 11.8 Å². The second-order valence-corrected chi connectivity index (χ2v) is 4.88. The van der Waals surface area contributed by atoms with Gasteiger partial charge in [0.05, 0.1) is 24.1 Å². The van der Waals surface area contributed by atoms with E-state index in [9.17, 15) is 4.79 Å². The van der Waals surface area contributed by atoms with Gasteiger partial charge in [0.2, 0.25) is 5.78 Å². The molecule has 0 amide bonds. The number of hydrogen-bond acceptors (Lipinski definition) is 5. The lowest BCUT2D eigenvalue weighted by Gasteiger charge is -2.08. The molecule has 0 aliphatic heterocycles. The Morgan fingerprint density at radius 2 is 2.24 bits per heavy atom. The Kier molecular flexibility index (Phi) is 4.55. The molecule has 0 saturated carbocycles. The first-order valence-corrected chi connectivity index (χ1v) is 7.48. The molecule has 0 aliphatic rings. The maximum Gasteiger partial charge on any atom is 0.219 e. The summed E-state index contributed by atoms with van der Waals surface area (Å²) in [6.07, 6.45) is 3.43. The number of fused-ring (bicyclic) bond motifs is 1. The van der Waals surface area contributed by atoms with Crippen molar-refractivity contribution in [3.05, 3.63) is 35.5 Å². The first kappa shape index (κ1) is 15.0. The Bertz CT molecular complexity index is 756. The van der Waals surface area contributed by atoms with E-state index in [4.69, 9.17) is 10.00 Å². The van der Waals surface area contributed by atoms with Crippen LogP contribution in [0.5, 0.6) is 5.75 Å². The van der Waals surface area contributed by atoms with E-state index in [1.54, 1.807) is 20.1 Å². The van der Waals surface area contributed by atoms with Crippen molar-refractivity contribution in [1.82, 2.24) is 4.98 Å². The minimum absolute atomic E-state index is 0.121. The van der Waals surface area contributed by atoms with Crippen molar-refractivity contribution in [2.75, 3.05) is 18.1 Å². The van der Waals surface area contributed by atoms with E-state index in [1.807, 2.05) is 24.5 Å². The number of allylic oxidation sites excluding steroid dienone is 2. The number of methoxy groups -OCH3 is 1. The molecule has 0 bridgehead atoms. The van der Waals surface area contributed by atoms with Crippen LogP contribution in [0.15, 0.2) is 29.8 Å². The zero-order chi connectivity index (χ0) is 15.4. The summed E-state index contributed by atoms with van der Waals surface area (Å²) in [5.74, 6) is 0.374. The van der Waals surface area contributed by atoms with Gasteiger partial charge in [-0.1, -0.05) is 18.0 Å². The molecule has 6 heteroatoms. The molecule has 0 atom stereocenters. The summed E-state index contributed by atoms with van der Waals surface area (Å²) >= 11 is 1.46. The van der Waals surface area contributed by atoms with Crippen molar-refractivity contribution in [2.24, 2.45) is 0 Å². The van der Waals surface area contributed by atoms with E-state index in [0.717, 1.165) is 16.6 Å². The lowest BCUT2D eigenvalue weighted by atomic mass is 10.1. The largest absolute Gasteiger partial charge is 0.494 e. The number of ketones is 1. The summed E-state index contributed by atoms with van der Waals surface area (Å²) in [5, 5.41) is 9.82. The molecule has 0 saturated heterocycles. The summed E-state index contributed by atoms with van der Waals surface area (Å²) in [6.45, 7) is 1.67. The number of Topliss-reactive ketones (excluding diaryl/α,β-unsaturated/α-hetero) is 1. The zero-order valence-corrected chi connectivity index (χ0v) is 12.8. The molecule has 1 aromatic carbocycles. The summed E-state index contributed by atoms with van der Waals surface area (Å²) in [6, 6.07) is 7.37. The number of benzene rings is 1. The monoisotopic (exact) mass is 301 g/mol. The minimum Gasteiger partial charge on any atom is -0.494 e. The van der Waals surface area contributed by atoms with Crippen LogP contribution in [-0.4, -0.2) is 24.1 Å². The van der Waals surface area contributed by atoms with Crippen molar-refractivity contribution in [3.63, 3.8) is 0 Å². The molecule has 5 nitrogen and oxygen atoms in total. The first-order valence-electron chi connectivity index (χ1n) is 6.25. The molecule has 0 spiro atoms. The normalized spacial score (nSPS) is 11.2. The smallest absolute Gasteiger partial charge is 0.219 e. The highest BCUT2D eigenvalue weighted by atomic mass is 32.2. The molecule has 0 aliphatic carbocycles. The van der Waals surface area contributed by atoms with Crippen LogP contribution in [0.4, 0.5) is 5.69 Å². The highest BCUT2D eigenvalue weighted by Gasteiger charge is 2.15. The number of carbonyl (C=O) groups is 1. The third-order valence-electron chi connectivity index (χ3n) is 3.05. The van der Waals surface area contributed by atoms with Crippen LogP contribution in [0.2, 0.25) is 0 Å². The van der Waals surface area contributed by atoms with E-state index in [-0.39, 0.29) is 11.4 Å². The Labute approximate surface area is 127 Å². The Hall–Kier alpha value is -2.39. The van der Waals surface area contributed by atoms with E-state index in [1.165, 1.54) is 18.0 Å². The second kappa shape index (κ2) is 6.37. The number of nitrogens with one attached hydrogen (secondary N) is 2. The summed E-state index contributed by atoms with van der Waals surface area (Å²) < 4.78 is 8.45. The van der Waals surface area contributed by atoms with Gasteiger partial charge in [-0.05, 0) is 19.1 Å². The van der Waals surface area contributed by atoms with Crippen LogP contribution in [-0.2, 0) is 0 Å². The zero-order valence-electron chi connectivity index (χ0n) is 12.0. The number of anilines is 1. The third kappa shape index (κ3) is 2.88. The van der Waals surface area contributed by atoms with Gasteiger partial charge < -0.3 is 14.4 Å². The average Bonchev–Trinajstić information content (AvgIpc) is 2.90. The predicted molar refractivity (Wildman–Crippen MR) is 85.7 cm³/mol. The molecule has 21 heavy (non-hydrogen) atoms. The van der Waals surface area contributed by atoms with Gasteiger partial charge in [-0.3, -0.25) is 4.79 Å². The number of carbonyl (C=O) groups excluding carboxylic acids is 1. The van der Waals surface area contributed by atoms with Gasteiger partial charge in [-0.25, -0.2) is 0 Å². The Morgan fingerprint density at radius 1 is 1.48 bits per heavy atom. The molecule has 2 aromatic rings. The summed E-state index contributed by atoms with van der Waals surface area (Å²) in [4.78, 5) is 15.2. The maximum absolute atomic E-state index is 12.2. The number of aromatic nitrogens is 1. The molecule has 0 unspecified atom stereocenters. The topological polar surface area (TPSA) is 77.9 Å². The average molecular weight is 301 g/mol. The van der Waals surface area contributed by atoms with Crippen LogP contribution < -0.4 is 9.46 Å². The molecular weight excluding hydrogens is 286 g/mol. The van der Waals surface area contributed by atoms with Crippen molar-refractivity contribution >= 4 is 34.3 Å². The lowest BCUT2D eigenvalue weighted by Crippen LogP contribution is -2.01. The number of ether oxygens (including phenoxy) is 1. The number of aromatic amines is 1. The molecule has 2 rings (SSSR count). The van der Waals surface area contributed by atoms with Gasteiger partial charge in [0.15, 0.2) is 0 Å². The maximum atomic E-state index is 12.2. The van der Waals surface area contributed by atoms with Crippen molar-refractivity contribution in [1.29, 1.82) is 5.26 Å². The van der Waals surface area contributed by atoms with Crippen molar-refractivity contribution < 1.29 is 9.53 Å². The molecule has 1 aromatic heterocycles. The van der Waals surface area contributed by atoms with Gasteiger partial charge in [0, 0.05) is 23.2 Å². The first-order chi connectivity index (χ1) is 10.1. The van der Waals surface area contributed by atoms with Crippen LogP contribution in [0.1, 0.15) is 17.4 Å². The van der Waals surface area contributed by atoms with E-state index in [0.29, 0.717) is 11.4 Å².